The van der Waals surface area contributed by atoms with Gasteiger partial charge in [0.25, 0.3) is 0 Å². The molecule has 0 unspecified atom stereocenters. The second-order valence-electron chi connectivity index (χ2n) is 2.79. The first kappa shape index (κ1) is 10.9. The van der Waals surface area contributed by atoms with E-state index in [-0.39, 0.29) is 11.1 Å². The van der Waals surface area contributed by atoms with Gasteiger partial charge in [-0.2, -0.15) is 0 Å². The molecule has 78 valence electrons. The van der Waals surface area contributed by atoms with Gasteiger partial charge in [-0.05, 0) is 23.8 Å². The molecule has 1 amide bonds. The second kappa shape index (κ2) is 4.36. The number of nitrogens with two attached hydrogens (primary N) is 1. The van der Waals surface area contributed by atoms with E-state index in [1.807, 2.05) is 0 Å². The van der Waals surface area contributed by atoms with Crippen LogP contribution in [0.4, 0.5) is 4.39 Å². The van der Waals surface area contributed by atoms with Gasteiger partial charge in [0.05, 0.1) is 5.56 Å². The number of phenolic OH excluding ortho intramolecular Hbond substituents is 1. The Labute approximate surface area is 84.8 Å². The van der Waals surface area contributed by atoms with Crippen molar-refractivity contribution in [2.24, 2.45) is 5.73 Å². The number of primary amides is 1. The highest BCUT2D eigenvalue weighted by molar-refractivity contribution is 5.90. The molecule has 5 heteroatoms. The predicted molar refractivity (Wildman–Crippen MR) is 51.7 cm³/mol. The molecule has 0 aliphatic carbocycles. The van der Waals surface area contributed by atoms with Crippen molar-refractivity contribution in [3.05, 3.63) is 35.2 Å². The van der Waals surface area contributed by atoms with Gasteiger partial charge in [0.2, 0.25) is 5.91 Å². The van der Waals surface area contributed by atoms with Crippen molar-refractivity contribution >= 4 is 18.3 Å². The van der Waals surface area contributed by atoms with Crippen molar-refractivity contribution in [3.8, 4) is 5.75 Å². The van der Waals surface area contributed by atoms with E-state index in [9.17, 15) is 14.0 Å². The Morgan fingerprint density at radius 2 is 2.13 bits per heavy atom. The lowest BCUT2D eigenvalue weighted by Crippen LogP contribution is -2.05. The maximum atomic E-state index is 13.0. The van der Waals surface area contributed by atoms with Crippen LogP contribution in [0.3, 0.4) is 0 Å². The minimum atomic E-state index is -0.927. The average Bonchev–Trinajstić information content (AvgIpc) is 2.19. The molecule has 1 aromatic rings. The summed E-state index contributed by atoms with van der Waals surface area (Å²) in [5.41, 5.74) is 4.93. The smallest absolute Gasteiger partial charge is 0.241 e. The number of halogens is 1. The number of rotatable bonds is 3. The van der Waals surface area contributed by atoms with Gasteiger partial charge < -0.3 is 10.8 Å². The molecule has 0 saturated heterocycles. The minimum absolute atomic E-state index is 0.181. The summed E-state index contributed by atoms with van der Waals surface area (Å²) in [5.74, 6) is -2.32. The van der Waals surface area contributed by atoms with Crippen LogP contribution in [0.5, 0.6) is 5.75 Å². The van der Waals surface area contributed by atoms with Gasteiger partial charge in [-0.15, -0.1) is 0 Å². The first-order valence-electron chi connectivity index (χ1n) is 4.00. The maximum Gasteiger partial charge on any atom is 0.241 e. The van der Waals surface area contributed by atoms with Crippen molar-refractivity contribution in [1.29, 1.82) is 0 Å². The van der Waals surface area contributed by atoms with Gasteiger partial charge in [0.1, 0.15) is 0 Å². The molecule has 0 radical (unpaired) electrons. The number of aromatic hydroxyl groups is 1. The Morgan fingerprint density at radius 1 is 1.47 bits per heavy atom. The highest BCUT2D eigenvalue weighted by atomic mass is 19.1. The summed E-state index contributed by atoms with van der Waals surface area (Å²) in [5, 5.41) is 9.08. The number of amides is 1. The molecule has 0 bridgehead atoms. The highest BCUT2D eigenvalue weighted by Crippen LogP contribution is 2.22. The van der Waals surface area contributed by atoms with E-state index in [0.29, 0.717) is 6.29 Å². The summed E-state index contributed by atoms with van der Waals surface area (Å²) < 4.78 is 13.0. The molecule has 15 heavy (non-hydrogen) atoms. The number of hydrogen-bond donors (Lipinski definition) is 2. The molecule has 3 N–H and O–H groups in total. The fraction of sp³-hybridized carbons (Fsp3) is 0. The van der Waals surface area contributed by atoms with Crippen LogP contribution < -0.4 is 5.73 Å². The molecular weight excluding hydrogens is 201 g/mol. The van der Waals surface area contributed by atoms with E-state index in [0.717, 1.165) is 12.1 Å². The van der Waals surface area contributed by atoms with Crippen LogP contribution in [0.15, 0.2) is 18.2 Å². The molecule has 0 atom stereocenters. The molecule has 0 heterocycles. The Balaban J connectivity index is 3.16. The molecule has 1 rings (SSSR count). The van der Waals surface area contributed by atoms with Gasteiger partial charge >= 0.3 is 0 Å². The third-order valence-corrected chi connectivity index (χ3v) is 1.68. The molecule has 0 aromatic heterocycles. The summed E-state index contributed by atoms with van der Waals surface area (Å²) in [7, 11) is 0. The molecule has 1 aromatic carbocycles. The van der Waals surface area contributed by atoms with Crippen LogP contribution in [0.1, 0.15) is 15.9 Å². The Kier molecular flexibility index (Phi) is 3.17. The van der Waals surface area contributed by atoms with E-state index < -0.39 is 17.5 Å². The van der Waals surface area contributed by atoms with Gasteiger partial charge in [0.15, 0.2) is 17.9 Å². The zero-order valence-electron chi connectivity index (χ0n) is 7.61. The number of phenols is 1. The van der Waals surface area contributed by atoms with Crippen LogP contribution in [0.25, 0.3) is 6.08 Å². The van der Waals surface area contributed by atoms with Crippen LogP contribution >= 0.6 is 0 Å². The number of benzene rings is 1. The van der Waals surface area contributed by atoms with E-state index in [4.69, 9.17) is 10.8 Å². The first-order valence-corrected chi connectivity index (χ1v) is 4.00. The van der Waals surface area contributed by atoms with Gasteiger partial charge in [-0.25, -0.2) is 4.39 Å². The minimum Gasteiger partial charge on any atom is -0.504 e. The quantitative estimate of drug-likeness (QED) is 0.571. The summed E-state index contributed by atoms with van der Waals surface area (Å²) in [6.45, 7) is 0. The molecule has 4 nitrogen and oxygen atoms in total. The van der Waals surface area contributed by atoms with Crippen molar-refractivity contribution in [2.75, 3.05) is 0 Å². The lowest BCUT2D eigenvalue weighted by Gasteiger charge is -2.00. The monoisotopic (exact) mass is 209 g/mol. The Morgan fingerprint density at radius 3 is 2.67 bits per heavy atom. The molecule has 0 aliphatic rings. The van der Waals surface area contributed by atoms with Crippen molar-refractivity contribution in [3.63, 3.8) is 0 Å². The van der Waals surface area contributed by atoms with Crippen LogP contribution in [0, 0.1) is 5.82 Å². The van der Waals surface area contributed by atoms with Crippen LogP contribution in [0.2, 0.25) is 0 Å². The molecule has 0 spiro atoms. The Hall–Kier alpha value is -2.17. The van der Waals surface area contributed by atoms with Crippen molar-refractivity contribution in [2.45, 2.75) is 0 Å². The Bertz CT molecular complexity index is 441. The average molecular weight is 209 g/mol. The lowest BCUT2D eigenvalue weighted by atomic mass is 10.1. The summed E-state index contributed by atoms with van der Waals surface area (Å²) in [6, 6.07) is 2.23. The van der Waals surface area contributed by atoms with E-state index >= 15 is 0 Å². The van der Waals surface area contributed by atoms with Crippen LogP contribution in [-0.2, 0) is 4.79 Å². The van der Waals surface area contributed by atoms with Gasteiger partial charge in [0, 0.05) is 6.08 Å². The fourth-order valence-electron chi connectivity index (χ4n) is 1.01. The molecular formula is C10H8FNO3. The van der Waals surface area contributed by atoms with E-state index in [1.54, 1.807) is 0 Å². The zero-order valence-corrected chi connectivity index (χ0v) is 7.61. The highest BCUT2D eigenvalue weighted by Gasteiger charge is 2.07. The number of aldehydes is 1. The summed E-state index contributed by atoms with van der Waals surface area (Å²) >= 11 is 0. The third kappa shape index (κ3) is 2.63. The normalized spacial score (nSPS) is 10.5. The largest absolute Gasteiger partial charge is 0.504 e. The summed E-state index contributed by atoms with van der Waals surface area (Å²) in [6.07, 6.45) is 2.60. The lowest BCUT2D eigenvalue weighted by molar-refractivity contribution is -0.113. The summed E-state index contributed by atoms with van der Waals surface area (Å²) in [4.78, 5) is 20.8. The zero-order chi connectivity index (χ0) is 11.4. The molecule has 0 fully saturated rings. The SMILES string of the molecule is NC(=O)C=Cc1cc(F)c(O)c(C=O)c1. The topological polar surface area (TPSA) is 80.4 Å². The maximum absolute atomic E-state index is 13.0. The third-order valence-electron chi connectivity index (χ3n) is 1.68. The first-order chi connectivity index (χ1) is 7.04. The van der Waals surface area contributed by atoms with Crippen LogP contribution in [-0.4, -0.2) is 17.3 Å². The van der Waals surface area contributed by atoms with Gasteiger partial charge in [-0.1, -0.05) is 0 Å². The predicted octanol–water partition coefficient (Wildman–Crippen LogP) is 0.842. The van der Waals surface area contributed by atoms with Gasteiger partial charge in [-0.3, -0.25) is 9.59 Å². The second-order valence-corrected chi connectivity index (χ2v) is 2.79. The standard InChI is InChI=1S/C10H8FNO3/c11-8-4-6(1-2-9(12)14)3-7(5-13)10(8)15/h1-5,15H,(H2,12,14). The fourth-order valence-corrected chi connectivity index (χ4v) is 1.01. The number of hydrogen-bond acceptors (Lipinski definition) is 3. The van der Waals surface area contributed by atoms with E-state index in [1.165, 1.54) is 12.1 Å². The number of carbonyl (C=O) groups is 2. The van der Waals surface area contributed by atoms with E-state index in [2.05, 4.69) is 0 Å². The molecule has 0 saturated carbocycles. The number of carbonyl (C=O) groups excluding carboxylic acids is 2. The van der Waals surface area contributed by atoms with Crippen molar-refractivity contribution in [1.82, 2.24) is 0 Å². The van der Waals surface area contributed by atoms with Crippen molar-refractivity contribution < 1.29 is 19.1 Å². The molecule has 0 aliphatic heterocycles.